The monoisotopic (exact) mass is 575 g/mol. The second-order valence-corrected chi connectivity index (χ2v) is 10.0. The van der Waals surface area contributed by atoms with Gasteiger partial charge < -0.3 is 38.9 Å². The van der Waals surface area contributed by atoms with Gasteiger partial charge in [0, 0.05) is 13.2 Å². The summed E-state index contributed by atoms with van der Waals surface area (Å²) in [5.41, 5.74) is 5.33. The number of ether oxygens (including phenoxy) is 7. The fourth-order valence-electron chi connectivity index (χ4n) is 3.96. The van der Waals surface area contributed by atoms with E-state index in [4.69, 9.17) is 38.9 Å². The maximum Gasteiger partial charge on any atom is 0.0701 e. The molecule has 0 aromatic carbocycles. The Morgan fingerprint density at radius 3 is 1.02 bits per heavy atom. The zero-order valence-corrected chi connectivity index (χ0v) is 26.1. The van der Waals surface area contributed by atoms with Crippen LogP contribution in [0.2, 0.25) is 0 Å². The number of hydrogen-bond donors (Lipinski definition) is 1. The molecule has 0 aliphatic carbocycles. The van der Waals surface area contributed by atoms with Crippen molar-refractivity contribution < 1.29 is 33.2 Å². The van der Waals surface area contributed by atoms with Gasteiger partial charge in [0.15, 0.2) is 0 Å². The molecule has 0 radical (unpaired) electrons. The Kier molecular flexibility index (Phi) is 37.9. The zero-order valence-electron chi connectivity index (χ0n) is 26.1. The van der Waals surface area contributed by atoms with Crippen LogP contribution in [-0.2, 0) is 33.2 Å². The van der Waals surface area contributed by atoms with E-state index in [1.165, 1.54) is 83.5 Å². The molecule has 0 aromatic rings. The highest BCUT2D eigenvalue weighted by Crippen LogP contribution is 2.11. The fraction of sp³-hybridized carbons (Fsp3) is 0.938. The average Bonchev–Trinajstić information content (AvgIpc) is 2.97. The lowest BCUT2D eigenvalue weighted by Crippen LogP contribution is -2.15. The lowest BCUT2D eigenvalue weighted by atomic mass is 10.1. The minimum absolute atomic E-state index is 0.537. The van der Waals surface area contributed by atoms with Crippen LogP contribution in [0.5, 0.6) is 0 Å². The molecule has 240 valence electrons. The van der Waals surface area contributed by atoms with Crippen LogP contribution in [0.25, 0.3) is 0 Å². The highest BCUT2D eigenvalue weighted by Gasteiger charge is 1.95. The first-order valence-corrected chi connectivity index (χ1v) is 16.3. The quantitative estimate of drug-likeness (QED) is 0.0708. The van der Waals surface area contributed by atoms with E-state index < -0.39 is 0 Å². The highest BCUT2D eigenvalue weighted by atomic mass is 16.6. The molecule has 0 saturated carbocycles. The fourth-order valence-corrected chi connectivity index (χ4v) is 3.96. The van der Waals surface area contributed by atoms with Crippen molar-refractivity contribution in [1.29, 1.82) is 0 Å². The Bertz CT molecular complexity index is 469. The van der Waals surface area contributed by atoms with Crippen molar-refractivity contribution in [2.75, 3.05) is 99.0 Å². The molecule has 0 aromatic heterocycles. The van der Waals surface area contributed by atoms with Crippen LogP contribution in [0, 0.1) is 0 Å². The first kappa shape index (κ1) is 39.4. The minimum atomic E-state index is 0.537. The molecule has 0 bridgehead atoms. The molecule has 0 amide bonds. The molecular formula is C32H65NO7. The summed E-state index contributed by atoms with van der Waals surface area (Å²) in [5.74, 6) is 0. The van der Waals surface area contributed by atoms with E-state index in [0.717, 1.165) is 13.0 Å². The molecule has 0 saturated heterocycles. The molecule has 0 fully saturated rings. The third-order valence-corrected chi connectivity index (χ3v) is 6.29. The zero-order chi connectivity index (χ0) is 28.9. The number of rotatable bonds is 36. The molecule has 2 N–H and O–H groups in total. The Balaban J connectivity index is 3.06. The molecule has 8 heteroatoms. The van der Waals surface area contributed by atoms with Crippen molar-refractivity contribution in [3.05, 3.63) is 12.2 Å². The lowest BCUT2D eigenvalue weighted by molar-refractivity contribution is -0.0203. The lowest BCUT2D eigenvalue weighted by Gasteiger charge is -2.08. The predicted molar refractivity (Wildman–Crippen MR) is 164 cm³/mol. The average molecular weight is 576 g/mol. The molecule has 0 aliphatic rings. The Labute approximate surface area is 246 Å². The van der Waals surface area contributed by atoms with Gasteiger partial charge in [-0.15, -0.1) is 0 Å². The van der Waals surface area contributed by atoms with Gasteiger partial charge in [0.2, 0.25) is 0 Å². The Morgan fingerprint density at radius 1 is 0.350 bits per heavy atom. The van der Waals surface area contributed by atoms with Crippen molar-refractivity contribution >= 4 is 0 Å². The SMILES string of the molecule is CCCCCCCCCCC/C=C/CCCCCOCCOCCOCCOCCOCCOCCOCCN. The molecule has 8 nitrogen and oxygen atoms in total. The van der Waals surface area contributed by atoms with Gasteiger partial charge in [0.25, 0.3) is 0 Å². The normalized spacial score (nSPS) is 11.8. The van der Waals surface area contributed by atoms with Crippen LogP contribution < -0.4 is 5.73 Å². The van der Waals surface area contributed by atoms with E-state index in [-0.39, 0.29) is 0 Å². The summed E-state index contributed by atoms with van der Waals surface area (Å²) in [7, 11) is 0. The van der Waals surface area contributed by atoms with E-state index in [2.05, 4.69) is 19.1 Å². The van der Waals surface area contributed by atoms with Gasteiger partial charge in [-0.3, -0.25) is 0 Å². The molecule has 0 atom stereocenters. The molecule has 0 aliphatic heterocycles. The van der Waals surface area contributed by atoms with E-state index in [1.54, 1.807) is 0 Å². The summed E-state index contributed by atoms with van der Waals surface area (Å²) in [6.45, 7) is 11.1. The summed E-state index contributed by atoms with van der Waals surface area (Å²) in [5, 5.41) is 0. The van der Waals surface area contributed by atoms with Crippen molar-refractivity contribution in [2.45, 2.75) is 96.8 Å². The van der Waals surface area contributed by atoms with E-state index >= 15 is 0 Å². The third-order valence-electron chi connectivity index (χ3n) is 6.29. The number of nitrogens with two attached hydrogens (primary N) is 1. The van der Waals surface area contributed by atoms with Crippen LogP contribution in [0.1, 0.15) is 96.8 Å². The molecule has 0 unspecified atom stereocenters. The van der Waals surface area contributed by atoms with Gasteiger partial charge in [-0.05, 0) is 32.1 Å². The van der Waals surface area contributed by atoms with Crippen LogP contribution in [-0.4, -0.2) is 99.0 Å². The Morgan fingerprint density at radius 2 is 0.650 bits per heavy atom. The maximum atomic E-state index is 5.65. The van der Waals surface area contributed by atoms with E-state index in [9.17, 15) is 0 Å². The summed E-state index contributed by atoms with van der Waals surface area (Å²) in [6, 6.07) is 0. The standard InChI is InChI=1S/C32H65NO7/c1-2-3-4-5-6-7-8-9-10-11-12-13-14-15-16-17-19-34-21-23-36-25-27-38-29-31-40-32-30-39-28-26-37-24-22-35-20-18-33/h12-13H,2-11,14-33H2,1H3/b13-12+. The van der Waals surface area contributed by atoms with Crippen LogP contribution in [0.3, 0.4) is 0 Å². The number of unbranched alkanes of at least 4 members (excludes halogenated alkanes) is 12. The topological polar surface area (TPSA) is 90.6 Å². The van der Waals surface area contributed by atoms with Gasteiger partial charge in [0.05, 0.1) is 85.9 Å². The summed E-state index contributed by atoms with van der Waals surface area (Å²) >= 11 is 0. The van der Waals surface area contributed by atoms with Gasteiger partial charge in [-0.1, -0.05) is 76.9 Å². The third kappa shape index (κ3) is 37.4. The molecular weight excluding hydrogens is 510 g/mol. The summed E-state index contributed by atoms with van der Waals surface area (Å²) in [6.07, 6.45) is 23.4. The van der Waals surface area contributed by atoms with E-state index in [0.29, 0.717) is 92.4 Å². The molecule has 40 heavy (non-hydrogen) atoms. The molecule has 0 spiro atoms. The number of hydrogen-bond acceptors (Lipinski definition) is 8. The van der Waals surface area contributed by atoms with Gasteiger partial charge in [0.1, 0.15) is 0 Å². The predicted octanol–water partition coefficient (Wildman–Crippen LogP) is 6.10. The van der Waals surface area contributed by atoms with E-state index in [1.807, 2.05) is 0 Å². The summed E-state index contributed by atoms with van der Waals surface area (Å²) < 4.78 is 38.2. The first-order valence-electron chi connectivity index (χ1n) is 16.3. The van der Waals surface area contributed by atoms with Crippen molar-refractivity contribution in [3.63, 3.8) is 0 Å². The highest BCUT2D eigenvalue weighted by molar-refractivity contribution is 4.81. The maximum absolute atomic E-state index is 5.65. The number of allylic oxidation sites excluding steroid dienone is 2. The second kappa shape index (κ2) is 38.4. The van der Waals surface area contributed by atoms with Crippen LogP contribution in [0.4, 0.5) is 0 Å². The first-order chi connectivity index (χ1) is 19.9. The largest absolute Gasteiger partial charge is 0.379 e. The Hall–Kier alpha value is -0.580. The second-order valence-electron chi connectivity index (χ2n) is 10.0. The van der Waals surface area contributed by atoms with Crippen LogP contribution in [0.15, 0.2) is 12.2 Å². The van der Waals surface area contributed by atoms with Crippen molar-refractivity contribution in [2.24, 2.45) is 5.73 Å². The summed E-state index contributed by atoms with van der Waals surface area (Å²) in [4.78, 5) is 0. The van der Waals surface area contributed by atoms with Crippen molar-refractivity contribution in [3.8, 4) is 0 Å². The smallest absolute Gasteiger partial charge is 0.0701 e. The van der Waals surface area contributed by atoms with Crippen LogP contribution >= 0.6 is 0 Å². The molecule has 0 heterocycles. The minimum Gasteiger partial charge on any atom is -0.379 e. The molecule has 0 rings (SSSR count). The van der Waals surface area contributed by atoms with Gasteiger partial charge in [-0.25, -0.2) is 0 Å². The van der Waals surface area contributed by atoms with Gasteiger partial charge in [-0.2, -0.15) is 0 Å². The van der Waals surface area contributed by atoms with Crippen molar-refractivity contribution in [1.82, 2.24) is 0 Å². The van der Waals surface area contributed by atoms with Gasteiger partial charge >= 0.3 is 0 Å².